The van der Waals surface area contributed by atoms with Crippen molar-refractivity contribution in [2.45, 2.75) is 13.3 Å². The highest BCUT2D eigenvalue weighted by molar-refractivity contribution is 7.90. The summed E-state index contributed by atoms with van der Waals surface area (Å²) in [4.78, 5) is 23.1. The average Bonchev–Trinajstić information content (AvgIpc) is 2.14. The Labute approximate surface area is 101 Å². The largest absolute Gasteiger partial charge is 0.480 e. The molecule has 0 unspecified atom stereocenters. The molecule has 0 radical (unpaired) electrons. The number of nitrogens with zero attached hydrogens (tertiary/aromatic N) is 1. The first-order valence-corrected chi connectivity index (χ1v) is 7.24. The van der Waals surface area contributed by atoms with Gasteiger partial charge < -0.3 is 15.3 Å². The third-order valence-corrected chi connectivity index (χ3v) is 2.80. The summed E-state index contributed by atoms with van der Waals surface area (Å²) in [5.41, 5.74) is 0. The number of carbonyl (C=O) groups excluding carboxylic acids is 1. The Balaban J connectivity index is 4.18. The third-order valence-electron chi connectivity index (χ3n) is 1.86. The average molecular weight is 266 g/mol. The van der Waals surface area contributed by atoms with Crippen LogP contribution in [0, 0.1) is 0 Å². The number of carboxylic acid groups (broad SMARTS) is 1. The van der Waals surface area contributed by atoms with Crippen molar-refractivity contribution in [2.75, 3.05) is 31.6 Å². The van der Waals surface area contributed by atoms with E-state index in [1.165, 1.54) is 0 Å². The number of amides is 2. The summed E-state index contributed by atoms with van der Waals surface area (Å²) >= 11 is 0. The van der Waals surface area contributed by atoms with Crippen molar-refractivity contribution in [3.05, 3.63) is 0 Å². The first-order valence-electron chi connectivity index (χ1n) is 5.18. The lowest BCUT2D eigenvalue weighted by molar-refractivity contribution is -0.137. The monoisotopic (exact) mass is 266 g/mol. The second kappa shape index (κ2) is 7.10. The van der Waals surface area contributed by atoms with Crippen LogP contribution in [0.5, 0.6) is 0 Å². The van der Waals surface area contributed by atoms with Crippen LogP contribution in [0.25, 0.3) is 0 Å². The molecule has 0 fully saturated rings. The van der Waals surface area contributed by atoms with Gasteiger partial charge in [-0.15, -0.1) is 0 Å². The first kappa shape index (κ1) is 15.7. The van der Waals surface area contributed by atoms with Crippen LogP contribution in [0.2, 0.25) is 0 Å². The van der Waals surface area contributed by atoms with Crippen LogP contribution in [0.15, 0.2) is 0 Å². The van der Waals surface area contributed by atoms with E-state index in [1.807, 2.05) is 6.92 Å². The van der Waals surface area contributed by atoms with E-state index >= 15 is 0 Å². The molecule has 8 heteroatoms. The van der Waals surface area contributed by atoms with Gasteiger partial charge in [0, 0.05) is 19.3 Å². The van der Waals surface area contributed by atoms with E-state index < -0.39 is 28.4 Å². The topological polar surface area (TPSA) is 104 Å². The van der Waals surface area contributed by atoms with Gasteiger partial charge in [0.1, 0.15) is 16.4 Å². The quantitative estimate of drug-likeness (QED) is 0.648. The Morgan fingerprint density at radius 3 is 2.35 bits per heavy atom. The lowest BCUT2D eigenvalue weighted by atomic mass is 10.4. The fourth-order valence-corrected chi connectivity index (χ4v) is 1.61. The molecule has 0 rings (SSSR count). The molecular formula is C9H18N2O5S. The minimum absolute atomic E-state index is 0.0164. The maximum absolute atomic E-state index is 11.5. The van der Waals surface area contributed by atoms with E-state index in [2.05, 4.69) is 5.32 Å². The summed E-state index contributed by atoms with van der Waals surface area (Å²) in [5, 5.41) is 11.0. The maximum Gasteiger partial charge on any atom is 0.323 e. The Bertz CT molecular complexity index is 366. The van der Waals surface area contributed by atoms with Crippen molar-refractivity contribution in [3.63, 3.8) is 0 Å². The summed E-state index contributed by atoms with van der Waals surface area (Å²) in [5.74, 6) is -1.26. The number of aliphatic carboxylic acids is 1. The number of hydrogen-bond acceptors (Lipinski definition) is 4. The number of urea groups is 1. The number of sulfone groups is 1. The van der Waals surface area contributed by atoms with Gasteiger partial charge in [0.2, 0.25) is 0 Å². The standard InChI is InChI=1S/C9H18N2O5S/c1-3-5-11(7-8(12)13)9(14)10-4-6-17(2,15)16/h3-7H2,1-2H3,(H,10,14)(H,12,13). The highest BCUT2D eigenvalue weighted by Gasteiger charge is 2.15. The van der Waals surface area contributed by atoms with Gasteiger partial charge in [-0.2, -0.15) is 0 Å². The molecule has 2 amide bonds. The van der Waals surface area contributed by atoms with Crippen molar-refractivity contribution in [3.8, 4) is 0 Å². The lowest BCUT2D eigenvalue weighted by Gasteiger charge is -2.20. The van der Waals surface area contributed by atoms with Crippen LogP contribution in [0.3, 0.4) is 0 Å². The number of carbonyl (C=O) groups is 2. The van der Waals surface area contributed by atoms with Gasteiger partial charge in [-0.05, 0) is 6.42 Å². The van der Waals surface area contributed by atoms with Crippen LogP contribution < -0.4 is 5.32 Å². The predicted octanol–water partition coefficient (Wildman–Crippen LogP) is -0.463. The second-order valence-corrected chi connectivity index (χ2v) is 5.94. The molecule has 0 bridgehead atoms. The summed E-state index contributed by atoms with van der Waals surface area (Å²) in [6.45, 7) is 1.73. The smallest absolute Gasteiger partial charge is 0.323 e. The molecule has 0 aromatic heterocycles. The molecule has 0 saturated carbocycles. The van der Waals surface area contributed by atoms with E-state index in [0.717, 1.165) is 11.2 Å². The molecular weight excluding hydrogens is 248 g/mol. The van der Waals surface area contributed by atoms with Crippen molar-refractivity contribution < 1.29 is 23.1 Å². The molecule has 17 heavy (non-hydrogen) atoms. The lowest BCUT2D eigenvalue weighted by Crippen LogP contribution is -2.44. The molecule has 0 spiro atoms. The van der Waals surface area contributed by atoms with Gasteiger partial charge in [0.15, 0.2) is 0 Å². The number of hydrogen-bond donors (Lipinski definition) is 2. The summed E-state index contributed by atoms with van der Waals surface area (Å²) in [6, 6.07) is -0.557. The molecule has 0 aromatic rings. The number of rotatable bonds is 7. The Morgan fingerprint density at radius 2 is 1.94 bits per heavy atom. The zero-order valence-electron chi connectivity index (χ0n) is 9.97. The molecule has 0 aliphatic carbocycles. The van der Waals surface area contributed by atoms with Crippen LogP contribution in [0.4, 0.5) is 4.79 Å². The van der Waals surface area contributed by atoms with Crippen molar-refractivity contribution in [1.82, 2.24) is 10.2 Å². The molecule has 0 saturated heterocycles. The molecule has 0 atom stereocenters. The van der Waals surface area contributed by atoms with Crippen molar-refractivity contribution >= 4 is 21.8 Å². The third kappa shape index (κ3) is 8.49. The highest BCUT2D eigenvalue weighted by Crippen LogP contribution is 1.93. The molecule has 100 valence electrons. The second-order valence-electron chi connectivity index (χ2n) is 3.68. The van der Waals surface area contributed by atoms with Gasteiger partial charge in [-0.1, -0.05) is 6.92 Å². The minimum Gasteiger partial charge on any atom is -0.480 e. The molecule has 2 N–H and O–H groups in total. The van der Waals surface area contributed by atoms with Gasteiger partial charge in [-0.25, -0.2) is 13.2 Å². The molecule has 0 heterocycles. The fraction of sp³-hybridized carbons (Fsp3) is 0.778. The molecule has 0 aliphatic heterocycles. The van der Waals surface area contributed by atoms with Crippen molar-refractivity contribution in [2.24, 2.45) is 0 Å². The Morgan fingerprint density at radius 1 is 1.35 bits per heavy atom. The SMILES string of the molecule is CCCN(CC(=O)O)C(=O)NCCS(C)(=O)=O. The van der Waals surface area contributed by atoms with E-state index in [1.54, 1.807) is 0 Å². The van der Waals surface area contributed by atoms with Crippen LogP contribution >= 0.6 is 0 Å². The van der Waals surface area contributed by atoms with Crippen LogP contribution in [0.1, 0.15) is 13.3 Å². The predicted molar refractivity (Wildman–Crippen MR) is 62.6 cm³/mol. The zero-order chi connectivity index (χ0) is 13.5. The van der Waals surface area contributed by atoms with Crippen LogP contribution in [-0.4, -0.2) is 62.1 Å². The van der Waals surface area contributed by atoms with E-state index in [4.69, 9.17) is 5.11 Å². The molecule has 0 aliphatic rings. The Kier molecular flexibility index (Phi) is 6.55. The van der Waals surface area contributed by atoms with E-state index in [9.17, 15) is 18.0 Å². The van der Waals surface area contributed by atoms with Gasteiger partial charge in [-0.3, -0.25) is 4.79 Å². The zero-order valence-corrected chi connectivity index (χ0v) is 10.8. The van der Waals surface area contributed by atoms with Crippen LogP contribution in [-0.2, 0) is 14.6 Å². The Hall–Kier alpha value is -1.31. The number of carboxylic acids is 1. The number of nitrogens with one attached hydrogen (secondary N) is 1. The van der Waals surface area contributed by atoms with Crippen molar-refractivity contribution in [1.29, 1.82) is 0 Å². The van der Waals surface area contributed by atoms with Gasteiger partial charge >= 0.3 is 12.0 Å². The summed E-state index contributed by atoms with van der Waals surface area (Å²) in [7, 11) is -3.13. The highest BCUT2D eigenvalue weighted by atomic mass is 32.2. The van der Waals surface area contributed by atoms with Gasteiger partial charge in [0.05, 0.1) is 5.75 Å². The first-order chi connectivity index (χ1) is 7.76. The fourth-order valence-electron chi connectivity index (χ4n) is 1.14. The normalized spacial score (nSPS) is 10.9. The summed E-state index contributed by atoms with van der Waals surface area (Å²) in [6.07, 6.45) is 1.70. The van der Waals surface area contributed by atoms with Gasteiger partial charge in [0.25, 0.3) is 0 Å². The molecule has 0 aromatic carbocycles. The molecule has 7 nitrogen and oxygen atoms in total. The minimum atomic E-state index is -3.13. The maximum atomic E-state index is 11.5. The van der Waals surface area contributed by atoms with E-state index in [0.29, 0.717) is 13.0 Å². The summed E-state index contributed by atoms with van der Waals surface area (Å²) < 4.78 is 21.7. The van der Waals surface area contributed by atoms with E-state index in [-0.39, 0.29) is 12.3 Å².